The number of rotatable bonds is 11. The maximum atomic E-state index is 9.71. The Bertz CT molecular complexity index is 594. The number of methoxy groups -OCH3 is 1. The molecular weight excluding hydrogens is 460 g/mol. The number of benzene rings is 1. The predicted octanol–water partition coefficient (Wildman–Crippen LogP) is 6.35. The van der Waals surface area contributed by atoms with Crippen LogP contribution in [0, 0.1) is 26.1 Å². The smallest absolute Gasteiger partial charge is 0.300 e. The minimum atomic E-state index is -0.833. The minimum absolute atomic E-state index is 0.222. The number of hydrogen-bond acceptors (Lipinski definition) is 8. The zero-order valence-corrected chi connectivity index (χ0v) is 22.6. The summed E-state index contributed by atoms with van der Waals surface area (Å²) in [6, 6.07) is 10.1. The van der Waals surface area contributed by atoms with Crippen LogP contribution in [0.1, 0.15) is 86.1 Å². The monoisotopic (exact) mass is 506 g/mol. The van der Waals surface area contributed by atoms with Gasteiger partial charge in [0.25, 0.3) is 16.1 Å². The van der Waals surface area contributed by atoms with Gasteiger partial charge in [0.2, 0.25) is 0 Å². The van der Waals surface area contributed by atoms with Crippen LogP contribution in [0.25, 0.3) is 0 Å². The fraction of sp³-hybridized carbons (Fsp3) is 0.708. The quantitative estimate of drug-likeness (QED) is 0.267. The van der Waals surface area contributed by atoms with Crippen LogP contribution in [0.5, 0.6) is 0 Å². The van der Waals surface area contributed by atoms with E-state index in [1.807, 2.05) is 58.0 Å². The largest absolute Gasteiger partial charge is 0.481 e. The average Bonchev–Trinajstić information content (AvgIpc) is 2.78. The molecular formula is C24H46N2O9. The van der Waals surface area contributed by atoms with Crippen molar-refractivity contribution in [3.63, 3.8) is 0 Å². The van der Waals surface area contributed by atoms with Crippen molar-refractivity contribution in [1.82, 2.24) is 0 Å². The summed E-state index contributed by atoms with van der Waals surface area (Å²) in [5.41, 5.74) is 1.22. The molecule has 1 unspecified atom stereocenters. The maximum Gasteiger partial charge on any atom is 0.300 e. The van der Waals surface area contributed by atoms with E-state index in [0.717, 1.165) is 19.8 Å². The minimum Gasteiger partial charge on any atom is -0.481 e. The van der Waals surface area contributed by atoms with Gasteiger partial charge in [-0.3, -0.25) is 4.79 Å². The van der Waals surface area contributed by atoms with E-state index in [9.17, 15) is 20.2 Å². The highest BCUT2D eigenvalue weighted by molar-refractivity contribution is 5.62. The topological polar surface area (TPSA) is 151 Å². The number of hydrogen-bond donors (Lipinski definition) is 1. The van der Waals surface area contributed by atoms with Gasteiger partial charge in [-0.05, 0) is 30.7 Å². The normalized spacial score (nSPS) is 9.74. The lowest BCUT2D eigenvalue weighted by Gasteiger charge is -2.07. The summed E-state index contributed by atoms with van der Waals surface area (Å²) in [6.45, 7) is 14.0. The Morgan fingerprint density at radius 1 is 1.00 bits per heavy atom. The van der Waals surface area contributed by atoms with Crippen LogP contribution in [0.3, 0.4) is 0 Å². The van der Waals surface area contributed by atoms with Crippen LogP contribution in [0.4, 0.5) is 0 Å². The summed E-state index contributed by atoms with van der Waals surface area (Å²) in [7, 11) is 1.70. The molecule has 0 heterocycles. The van der Waals surface area contributed by atoms with Gasteiger partial charge in [0, 0.05) is 14.0 Å². The van der Waals surface area contributed by atoms with Gasteiger partial charge in [0.1, 0.15) is 6.10 Å². The van der Waals surface area contributed by atoms with E-state index in [2.05, 4.69) is 23.5 Å². The van der Waals surface area contributed by atoms with Crippen molar-refractivity contribution in [2.24, 2.45) is 5.92 Å². The van der Waals surface area contributed by atoms with Gasteiger partial charge in [0.05, 0.1) is 13.2 Å². The van der Waals surface area contributed by atoms with Gasteiger partial charge < -0.3 is 19.5 Å². The molecule has 1 aromatic carbocycles. The van der Waals surface area contributed by atoms with Gasteiger partial charge in [0.15, 0.2) is 0 Å². The number of carboxylic acids is 1. The summed E-state index contributed by atoms with van der Waals surface area (Å²) in [6.07, 6.45) is 4.44. The lowest BCUT2D eigenvalue weighted by atomic mass is 10.1. The molecule has 11 nitrogen and oxygen atoms in total. The lowest BCUT2D eigenvalue weighted by Crippen LogP contribution is -2.14. The SMILES string of the molecule is CC(=O)O.CCC.CCC(CC)O[N+](=O)[O-].CCCC(C)CO[N+](=O)[O-].COCc1ccccc1. The van der Waals surface area contributed by atoms with Crippen molar-refractivity contribution in [3.05, 3.63) is 56.1 Å². The van der Waals surface area contributed by atoms with Crippen LogP contribution < -0.4 is 0 Å². The molecule has 1 N–H and O–H groups in total. The fourth-order valence-corrected chi connectivity index (χ4v) is 2.06. The van der Waals surface area contributed by atoms with Crippen LogP contribution in [0.15, 0.2) is 30.3 Å². The lowest BCUT2D eigenvalue weighted by molar-refractivity contribution is -0.768. The van der Waals surface area contributed by atoms with Crippen molar-refractivity contribution in [2.45, 2.75) is 93.3 Å². The molecule has 0 aromatic heterocycles. The molecule has 0 aliphatic heterocycles. The van der Waals surface area contributed by atoms with E-state index in [-0.39, 0.29) is 18.6 Å². The second-order valence-electron chi connectivity index (χ2n) is 7.33. The van der Waals surface area contributed by atoms with E-state index in [0.29, 0.717) is 19.4 Å². The van der Waals surface area contributed by atoms with E-state index in [4.69, 9.17) is 14.6 Å². The van der Waals surface area contributed by atoms with E-state index in [1.54, 1.807) is 7.11 Å². The van der Waals surface area contributed by atoms with Crippen LogP contribution in [0.2, 0.25) is 0 Å². The first-order valence-electron chi connectivity index (χ1n) is 11.8. The van der Waals surface area contributed by atoms with Crippen LogP contribution in [-0.2, 0) is 25.8 Å². The highest BCUT2D eigenvalue weighted by atomic mass is 17.0. The molecule has 0 bridgehead atoms. The van der Waals surface area contributed by atoms with Gasteiger partial charge in [-0.2, -0.15) is 0 Å². The average molecular weight is 507 g/mol. The molecule has 35 heavy (non-hydrogen) atoms. The standard InChI is InChI=1S/C8H10O.C6H13NO3.C5H11NO3.C3H8.C2H4O2/c1-9-7-8-5-3-2-4-6-8;1-3-4-6(2)5-10-7(8)9;1-3-5(4-2)9-6(7)8;1-3-2;1-2(3)4/h2-6H,7H2,1H3;6H,3-5H2,1-2H3;5H,3-4H2,1-2H3;3H2,1-2H3;1H3,(H,3,4). The van der Waals surface area contributed by atoms with Crippen molar-refractivity contribution in [1.29, 1.82) is 0 Å². The molecule has 206 valence electrons. The van der Waals surface area contributed by atoms with Crippen LogP contribution in [-0.4, -0.2) is 41.1 Å². The third kappa shape index (κ3) is 45.3. The zero-order chi connectivity index (χ0) is 28.1. The fourth-order valence-electron chi connectivity index (χ4n) is 2.06. The van der Waals surface area contributed by atoms with Crippen molar-refractivity contribution in [3.8, 4) is 0 Å². The number of ether oxygens (including phenoxy) is 1. The zero-order valence-electron chi connectivity index (χ0n) is 22.6. The maximum absolute atomic E-state index is 9.71. The number of nitrogens with zero attached hydrogens (tertiary/aromatic N) is 2. The molecule has 0 spiro atoms. The van der Waals surface area contributed by atoms with E-state index < -0.39 is 16.1 Å². The molecule has 0 radical (unpaired) electrons. The van der Waals surface area contributed by atoms with E-state index >= 15 is 0 Å². The number of carboxylic acid groups (broad SMARTS) is 1. The van der Waals surface area contributed by atoms with Gasteiger partial charge in [-0.25, -0.2) is 0 Å². The van der Waals surface area contributed by atoms with Gasteiger partial charge in [-0.15, -0.1) is 20.2 Å². The highest BCUT2D eigenvalue weighted by Gasteiger charge is 2.06. The molecule has 1 aromatic rings. The second kappa shape index (κ2) is 31.0. The molecule has 0 fully saturated rings. The van der Waals surface area contributed by atoms with Gasteiger partial charge >= 0.3 is 0 Å². The summed E-state index contributed by atoms with van der Waals surface area (Å²) in [4.78, 5) is 36.9. The van der Waals surface area contributed by atoms with Gasteiger partial charge in [-0.1, -0.05) is 84.7 Å². The molecule has 0 aliphatic rings. The molecule has 1 atom stereocenters. The molecule has 0 saturated carbocycles. The Hall–Kier alpha value is -2.95. The molecule has 0 aliphatic carbocycles. The van der Waals surface area contributed by atoms with Crippen molar-refractivity contribution < 1.29 is 34.5 Å². The summed E-state index contributed by atoms with van der Waals surface area (Å²) < 4.78 is 4.93. The molecule has 11 heteroatoms. The molecule has 0 amide bonds. The Balaban J connectivity index is -0.000000182. The predicted molar refractivity (Wildman–Crippen MR) is 136 cm³/mol. The molecule has 1 rings (SSSR count). The Kier molecular flexibility index (Phi) is 34.8. The number of aliphatic carboxylic acids is 1. The third-order valence-corrected chi connectivity index (χ3v) is 3.55. The molecule has 0 saturated heterocycles. The second-order valence-corrected chi connectivity index (χ2v) is 7.33. The van der Waals surface area contributed by atoms with Crippen LogP contribution >= 0.6 is 0 Å². The Labute approximate surface area is 210 Å². The first kappa shape index (κ1) is 39.3. The van der Waals surface area contributed by atoms with Crippen molar-refractivity contribution in [2.75, 3.05) is 13.7 Å². The number of carbonyl (C=O) groups is 1. The summed E-state index contributed by atoms with van der Waals surface area (Å²) in [5, 5.41) is 25.3. The first-order valence-corrected chi connectivity index (χ1v) is 11.8. The Morgan fingerprint density at radius 2 is 1.46 bits per heavy atom. The Morgan fingerprint density at radius 3 is 1.74 bits per heavy atom. The first-order chi connectivity index (χ1) is 16.4. The highest BCUT2D eigenvalue weighted by Crippen LogP contribution is 2.04. The van der Waals surface area contributed by atoms with Crippen molar-refractivity contribution >= 4 is 5.97 Å². The summed E-state index contributed by atoms with van der Waals surface area (Å²) >= 11 is 0. The summed E-state index contributed by atoms with van der Waals surface area (Å²) in [5.74, 6) is -0.546. The third-order valence-electron chi connectivity index (χ3n) is 3.55. The van der Waals surface area contributed by atoms with E-state index in [1.165, 1.54) is 12.0 Å².